The van der Waals surface area contributed by atoms with E-state index in [4.69, 9.17) is 24.4 Å². The summed E-state index contributed by atoms with van der Waals surface area (Å²) in [6.07, 6.45) is 6.71. The Hall–Kier alpha value is -1.95. The van der Waals surface area contributed by atoms with Crippen molar-refractivity contribution in [2.45, 2.75) is 65.1 Å². The summed E-state index contributed by atoms with van der Waals surface area (Å²) in [5, 5.41) is 39.4. The summed E-state index contributed by atoms with van der Waals surface area (Å²) in [6.45, 7) is 8.67. The number of ketones is 2. The molecule has 4 aliphatic carbocycles. The third-order valence-corrected chi connectivity index (χ3v) is 9.68. The number of esters is 1. The number of aliphatic hydroxyl groups excluding tert-OH is 3. The number of aliphatic hydroxyl groups is 4. The van der Waals surface area contributed by atoms with E-state index >= 15 is 0 Å². The molecular weight excluding hydrogens is 520 g/mol. The highest BCUT2D eigenvalue weighted by Crippen LogP contribution is 2.67. The minimum absolute atomic E-state index is 0.00535. The fourth-order valence-electron chi connectivity index (χ4n) is 7.95. The largest absolute Gasteiger partial charge is 0.458 e. The van der Waals surface area contributed by atoms with Gasteiger partial charge in [0.15, 0.2) is 12.4 Å². The van der Waals surface area contributed by atoms with Crippen LogP contribution in [0.5, 0.6) is 0 Å². The topological polar surface area (TPSA) is 160 Å². The second-order valence-corrected chi connectivity index (χ2v) is 12.0. The van der Waals surface area contributed by atoms with Crippen molar-refractivity contribution in [1.82, 2.24) is 0 Å². The van der Waals surface area contributed by atoms with E-state index in [0.29, 0.717) is 45.7 Å². The van der Waals surface area contributed by atoms with E-state index in [1.807, 2.05) is 13.0 Å². The molecule has 0 heterocycles. The van der Waals surface area contributed by atoms with Crippen LogP contribution in [0.2, 0.25) is 0 Å². The first-order chi connectivity index (χ1) is 18.9. The van der Waals surface area contributed by atoms with Gasteiger partial charge in [0.2, 0.25) is 5.78 Å². The van der Waals surface area contributed by atoms with E-state index in [2.05, 4.69) is 13.8 Å². The van der Waals surface area contributed by atoms with Crippen molar-refractivity contribution < 1.29 is 49.0 Å². The van der Waals surface area contributed by atoms with Gasteiger partial charge in [-0.1, -0.05) is 32.4 Å². The number of ether oxygens (including phenoxy) is 3. The molecule has 0 aromatic carbocycles. The Morgan fingerprint density at radius 2 is 1.70 bits per heavy atom. The summed E-state index contributed by atoms with van der Waals surface area (Å²) in [5.41, 5.74) is -1.72. The SMILES string of the molecule is CC(=O)OCC(=O)[C@@]1(O)CC[C@H]2[C@@H]3C[C@H](C)C4=CC(=O)C=C[C@]4(C)[C@H]3[C@@H](O)C[C@@]21C.OCCOCCOCCO. The third kappa shape index (κ3) is 6.27. The number of hydrogen-bond acceptors (Lipinski definition) is 10. The lowest BCUT2D eigenvalue weighted by atomic mass is 9.45. The van der Waals surface area contributed by atoms with Crippen molar-refractivity contribution >= 4 is 17.5 Å². The maximum Gasteiger partial charge on any atom is 0.303 e. The lowest BCUT2D eigenvalue weighted by molar-refractivity contribution is -0.182. The van der Waals surface area contributed by atoms with Gasteiger partial charge in [-0.15, -0.1) is 0 Å². The molecule has 226 valence electrons. The van der Waals surface area contributed by atoms with Gasteiger partial charge in [0, 0.05) is 23.7 Å². The molecule has 10 nitrogen and oxygen atoms in total. The Balaban J connectivity index is 0.000000378. The van der Waals surface area contributed by atoms with Gasteiger partial charge in [-0.25, -0.2) is 0 Å². The Morgan fingerprint density at radius 3 is 2.27 bits per heavy atom. The van der Waals surface area contributed by atoms with Crippen LogP contribution in [0.3, 0.4) is 0 Å². The first-order valence-corrected chi connectivity index (χ1v) is 14.2. The number of carbonyl (C=O) groups is 3. The van der Waals surface area contributed by atoms with Gasteiger partial charge in [-0.2, -0.15) is 0 Å². The highest BCUT2D eigenvalue weighted by molar-refractivity contribution is 6.01. The summed E-state index contributed by atoms with van der Waals surface area (Å²) in [6, 6.07) is 0. The van der Waals surface area contributed by atoms with Crippen LogP contribution < -0.4 is 0 Å². The second-order valence-electron chi connectivity index (χ2n) is 12.0. The Labute approximate surface area is 236 Å². The number of Topliss-reactive ketones (excluding diaryl/α,β-unsaturated/α-hetero) is 1. The van der Waals surface area contributed by atoms with Crippen LogP contribution >= 0.6 is 0 Å². The molecule has 4 rings (SSSR count). The van der Waals surface area contributed by atoms with Gasteiger partial charge >= 0.3 is 5.97 Å². The standard InChI is InChI=1S/C24H32O6.C6H14O4/c1-13-9-16-17-6-8-24(29,20(28)12-30-14(2)25)23(17,4)11-19(27)21(16)22(3)7-5-15(26)10-18(13)22;7-1-3-9-5-6-10-4-2-8/h5,7,10,13,16-17,19,21,27,29H,6,8-9,11-12H2,1-4H3;7-8H,1-6H2/t13-,16-,17-,19-,21+,22-,23-,24-;/m0./s1. The first-order valence-electron chi connectivity index (χ1n) is 14.2. The zero-order valence-corrected chi connectivity index (χ0v) is 24.1. The summed E-state index contributed by atoms with van der Waals surface area (Å²) in [7, 11) is 0. The molecule has 0 aliphatic heterocycles. The van der Waals surface area contributed by atoms with Crippen molar-refractivity contribution in [3.05, 3.63) is 23.8 Å². The lowest BCUT2D eigenvalue weighted by Gasteiger charge is -2.60. The molecule has 0 bridgehead atoms. The predicted octanol–water partition coefficient (Wildman–Crippen LogP) is 1.38. The molecule has 3 saturated carbocycles. The van der Waals surface area contributed by atoms with Crippen LogP contribution in [-0.4, -0.2) is 95.9 Å². The second kappa shape index (κ2) is 13.4. The Morgan fingerprint density at radius 1 is 1.07 bits per heavy atom. The monoisotopic (exact) mass is 566 g/mol. The van der Waals surface area contributed by atoms with Gasteiger partial charge in [0.1, 0.15) is 5.60 Å². The van der Waals surface area contributed by atoms with Gasteiger partial charge in [0.25, 0.3) is 0 Å². The molecule has 0 spiro atoms. The average Bonchev–Trinajstić information content (AvgIpc) is 3.17. The maximum atomic E-state index is 12.9. The van der Waals surface area contributed by atoms with Crippen LogP contribution in [0.4, 0.5) is 0 Å². The molecular formula is C30H46O10. The molecule has 0 saturated heterocycles. The molecule has 4 N–H and O–H groups in total. The molecule has 0 amide bonds. The Bertz CT molecular complexity index is 983. The van der Waals surface area contributed by atoms with E-state index in [1.54, 1.807) is 12.2 Å². The minimum Gasteiger partial charge on any atom is -0.458 e. The number of fused-ring (bicyclic) bond motifs is 5. The predicted molar refractivity (Wildman–Crippen MR) is 145 cm³/mol. The minimum atomic E-state index is -1.61. The molecule has 3 fully saturated rings. The molecule has 4 aliphatic rings. The van der Waals surface area contributed by atoms with Crippen LogP contribution in [0.15, 0.2) is 23.8 Å². The zero-order valence-electron chi connectivity index (χ0n) is 24.1. The molecule has 0 unspecified atom stereocenters. The first kappa shape index (κ1) is 32.6. The average molecular weight is 567 g/mol. The smallest absolute Gasteiger partial charge is 0.303 e. The third-order valence-electron chi connectivity index (χ3n) is 9.68. The number of allylic oxidation sites excluding steroid dienone is 4. The number of rotatable bonds is 10. The summed E-state index contributed by atoms with van der Waals surface area (Å²) < 4.78 is 14.6. The molecule has 8 atom stereocenters. The van der Waals surface area contributed by atoms with Crippen molar-refractivity contribution in [2.24, 2.45) is 34.5 Å². The molecule has 40 heavy (non-hydrogen) atoms. The zero-order chi connectivity index (χ0) is 29.7. The molecule has 0 aromatic rings. The van der Waals surface area contributed by atoms with E-state index in [1.165, 1.54) is 6.92 Å². The highest BCUT2D eigenvalue weighted by atomic mass is 16.5. The summed E-state index contributed by atoms with van der Waals surface area (Å²) >= 11 is 0. The van der Waals surface area contributed by atoms with E-state index in [9.17, 15) is 24.6 Å². The van der Waals surface area contributed by atoms with Crippen LogP contribution in [-0.2, 0) is 28.6 Å². The van der Waals surface area contributed by atoms with E-state index in [0.717, 1.165) is 12.0 Å². The Kier molecular flexibility index (Phi) is 10.9. The fraction of sp³-hybridized carbons (Fsp3) is 0.767. The van der Waals surface area contributed by atoms with Gasteiger partial charge in [-0.05, 0) is 55.6 Å². The number of carbonyl (C=O) groups excluding carboxylic acids is 3. The molecule has 0 radical (unpaired) electrons. The van der Waals surface area contributed by atoms with Gasteiger partial charge in [0.05, 0.1) is 45.7 Å². The molecule has 10 heteroatoms. The highest BCUT2D eigenvalue weighted by Gasteiger charge is 2.68. The van der Waals surface area contributed by atoms with Crippen molar-refractivity contribution in [3.8, 4) is 0 Å². The normalized spacial score (nSPS) is 37.9. The fourth-order valence-corrected chi connectivity index (χ4v) is 7.95. The molecule has 0 aromatic heterocycles. The summed E-state index contributed by atoms with van der Waals surface area (Å²) in [5.74, 6) is -0.712. The van der Waals surface area contributed by atoms with E-state index < -0.39 is 40.9 Å². The van der Waals surface area contributed by atoms with Crippen molar-refractivity contribution in [2.75, 3.05) is 46.2 Å². The number of hydrogen-bond donors (Lipinski definition) is 4. The van der Waals surface area contributed by atoms with Crippen molar-refractivity contribution in [3.63, 3.8) is 0 Å². The van der Waals surface area contributed by atoms with Gasteiger partial charge in [-0.3, -0.25) is 14.4 Å². The van der Waals surface area contributed by atoms with Crippen molar-refractivity contribution in [1.29, 1.82) is 0 Å². The van der Waals surface area contributed by atoms with E-state index in [-0.39, 0.29) is 42.7 Å². The van der Waals surface area contributed by atoms with Crippen LogP contribution in [0, 0.1) is 34.5 Å². The van der Waals surface area contributed by atoms with Gasteiger partial charge < -0.3 is 34.6 Å². The summed E-state index contributed by atoms with van der Waals surface area (Å²) in [4.78, 5) is 36.1. The quantitative estimate of drug-likeness (QED) is 0.225. The maximum absolute atomic E-state index is 12.9. The van der Waals surface area contributed by atoms with Crippen LogP contribution in [0.25, 0.3) is 0 Å². The van der Waals surface area contributed by atoms with Crippen LogP contribution in [0.1, 0.15) is 53.4 Å². The lowest BCUT2D eigenvalue weighted by Crippen LogP contribution is -2.62.